The summed E-state index contributed by atoms with van der Waals surface area (Å²) in [4.78, 5) is 10.6. The van der Waals surface area contributed by atoms with E-state index in [1.807, 2.05) is 20.8 Å². The minimum Gasteiger partial charge on any atom is -0.380 e. The number of nitrogens with one attached hydrogen (secondary N) is 1. The second kappa shape index (κ2) is 6.84. The van der Waals surface area contributed by atoms with Gasteiger partial charge in [0.1, 0.15) is 5.69 Å². The van der Waals surface area contributed by atoms with Crippen molar-refractivity contribution in [2.45, 2.75) is 32.1 Å². The molecule has 0 bridgehead atoms. The number of anilines is 1. The maximum Gasteiger partial charge on any atom is 0.293 e. The van der Waals surface area contributed by atoms with E-state index in [0.29, 0.717) is 25.3 Å². The summed E-state index contributed by atoms with van der Waals surface area (Å²) in [5, 5.41) is 14.1. The molecule has 8 heteroatoms. The smallest absolute Gasteiger partial charge is 0.293 e. The van der Waals surface area contributed by atoms with Gasteiger partial charge in [-0.1, -0.05) is 13.8 Å². The molecule has 23 heavy (non-hydrogen) atoms. The van der Waals surface area contributed by atoms with Crippen molar-refractivity contribution >= 4 is 21.4 Å². The lowest BCUT2D eigenvalue weighted by Crippen LogP contribution is -2.42. The van der Waals surface area contributed by atoms with Crippen LogP contribution in [0.15, 0.2) is 23.1 Å². The van der Waals surface area contributed by atoms with Gasteiger partial charge >= 0.3 is 0 Å². The van der Waals surface area contributed by atoms with Gasteiger partial charge in [0.15, 0.2) is 0 Å². The summed E-state index contributed by atoms with van der Waals surface area (Å²) < 4.78 is 27.1. The Labute approximate surface area is 136 Å². The Morgan fingerprint density at radius 3 is 2.43 bits per heavy atom. The first-order valence-corrected chi connectivity index (χ1v) is 9.22. The van der Waals surface area contributed by atoms with Crippen LogP contribution in [0.25, 0.3) is 0 Å². The number of hydrogen-bond acceptors (Lipinski definition) is 5. The standard InChI is InChI=1S/C15H23N3O4S/c1-4-16-14-6-5-13(8-15(14)18(19)20)23(21,22)17-9-11(2)7-12(3)10-17/h5-6,8,11-12,16H,4,7,9-10H2,1-3H3/t11-,12-/m1/s1. The highest BCUT2D eigenvalue weighted by molar-refractivity contribution is 7.89. The average Bonchev–Trinajstić information content (AvgIpc) is 2.46. The van der Waals surface area contributed by atoms with Crippen LogP contribution in [0.3, 0.4) is 0 Å². The van der Waals surface area contributed by atoms with Crippen molar-refractivity contribution in [3.05, 3.63) is 28.3 Å². The summed E-state index contributed by atoms with van der Waals surface area (Å²) in [6.07, 6.45) is 0.992. The molecule has 1 saturated heterocycles. The summed E-state index contributed by atoms with van der Waals surface area (Å²) >= 11 is 0. The fourth-order valence-electron chi connectivity index (χ4n) is 3.11. The Bertz CT molecular complexity index is 680. The number of nitrogens with zero attached hydrogens (tertiary/aromatic N) is 2. The lowest BCUT2D eigenvalue weighted by molar-refractivity contribution is -0.384. The Morgan fingerprint density at radius 1 is 1.30 bits per heavy atom. The van der Waals surface area contributed by atoms with E-state index in [1.165, 1.54) is 16.4 Å². The van der Waals surface area contributed by atoms with Crippen LogP contribution in [0.5, 0.6) is 0 Å². The Kier molecular flexibility index (Phi) is 5.26. The number of nitro benzene ring substituents is 1. The first kappa shape index (κ1) is 17.7. The first-order valence-electron chi connectivity index (χ1n) is 7.78. The molecule has 1 aromatic carbocycles. The van der Waals surface area contributed by atoms with Gasteiger partial charge in [0.2, 0.25) is 10.0 Å². The molecule has 1 fully saturated rings. The molecule has 2 rings (SSSR count). The molecular weight excluding hydrogens is 318 g/mol. The fraction of sp³-hybridized carbons (Fsp3) is 0.600. The van der Waals surface area contributed by atoms with Gasteiger partial charge in [0, 0.05) is 25.7 Å². The summed E-state index contributed by atoms with van der Waals surface area (Å²) in [5.41, 5.74) is 0.114. The zero-order valence-electron chi connectivity index (χ0n) is 13.7. The SMILES string of the molecule is CCNc1ccc(S(=O)(=O)N2C[C@H](C)C[C@@H](C)C2)cc1[N+](=O)[O-]. The van der Waals surface area contributed by atoms with E-state index in [2.05, 4.69) is 5.32 Å². The van der Waals surface area contributed by atoms with Crippen LogP contribution in [0.4, 0.5) is 11.4 Å². The Balaban J connectivity index is 2.40. The predicted octanol–water partition coefficient (Wildman–Crippen LogP) is 2.69. The molecule has 7 nitrogen and oxygen atoms in total. The maximum absolute atomic E-state index is 12.8. The molecule has 1 aromatic rings. The van der Waals surface area contributed by atoms with Crippen LogP contribution in [-0.4, -0.2) is 37.3 Å². The number of rotatable bonds is 5. The van der Waals surface area contributed by atoms with E-state index in [1.54, 1.807) is 0 Å². The minimum atomic E-state index is -3.71. The van der Waals surface area contributed by atoms with Crippen molar-refractivity contribution in [2.75, 3.05) is 25.0 Å². The summed E-state index contributed by atoms with van der Waals surface area (Å²) in [7, 11) is -3.71. The molecule has 0 aromatic heterocycles. The molecule has 0 aliphatic carbocycles. The van der Waals surface area contributed by atoms with Crippen LogP contribution >= 0.6 is 0 Å². The van der Waals surface area contributed by atoms with E-state index < -0.39 is 14.9 Å². The highest BCUT2D eigenvalue weighted by Crippen LogP contribution is 2.31. The fourth-order valence-corrected chi connectivity index (χ4v) is 4.81. The summed E-state index contributed by atoms with van der Waals surface area (Å²) in [6.45, 7) is 7.30. The molecule has 128 valence electrons. The van der Waals surface area contributed by atoms with Gasteiger partial charge in [-0.3, -0.25) is 10.1 Å². The van der Waals surface area contributed by atoms with E-state index >= 15 is 0 Å². The molecule has 2 atom stereocenters. The second-order valence-electron chi connectivity index (χ2n) is 6.23. The van der Waals surface area contributed by atoms with Gasteiger partial charge in [0.25, 0.3) is 5.69 Å². The van der Waals surface area contributed by atoms with Crippen molar-refractivity contribution in [3.8, 4) is 0 Å². The van der Waals surface area contributed by atoms with E-state index in [0.717, 1.165) is 12.5 Å². The zero-order valence-corrected chi connectivity index (χ0v) is 14.5. The first-order chi connectivity index (χ1) is 10.8. The molecule has 0 amide bonds. The van der Waals surface area contributed by atoms with Gasteiger partial charge in [-0.05, 0) is 37.3 Å². The van der Waals surface area contributed by atoms with Gasteiger partial charge in [-0.15, -0.1) is 0 Å². The lowest BCUT2D eigenvalue weighted by atomic mass is 9.94. The molecule has 1 N–H and O–H groups in total. The van der Waals surface area contributed by atoms with Crippen molar-refractivity contribution < 1.29 is 13.3 Å². The van der Waals surface area contributed by atoms with Crippen LogP contribution in [0.1, 0.15) is 27.2 Å². The second-order valence-corrected chi connectivity index (χ2v) is 8.17. The normalized spacial score (nSPS) is 22.7. The molecular formula is C15H23N3O4S. The summed E-state index contributed by atoms with van der Waals surface area (Å²) in [6, 6.07) is 4.05. The third-order valence-electron chi connectivity index (χ3n) is 4.01. The highest BCUT2D eigenvalue weighted by Gasteiger charge is 2.32. The van der Waals surface area contributed by atoms with E-state index in [9.17, 15) is 18.5 Å². The number of nitro groups is 1. The molecule has 0 unspecified atom stereocenters. The van der Waals surface area contributed by atoms with Crippen molar-refractivity contribution in [1.29, 1.82) is 0 Å². The largest absolute Gasteiger partial charge is 0.380 e. The van der Waals surface area contributed by atoms with Crippen LogP contribution in [0.2, 0.25) is 0 Å². The van der Waals surface area contributed by atoms with E-state index in [4.69, 9.17) is 0 Å². The van der Waals surface area contributed by atoms with Gasteiger partial charge in [0.05, 0.1) is 9.82 Å². The monoisotopic (exact) mass is 341 g/mol. The van der Waals surface area contributed by atoms with Gasteiger partial charge in [-0.2, -0.15) is 4.31 Å². The summed E-state index contributed by atoms with van der Waals surface area (Å²) in [5.74, 6) is 0.564. The number of sulfonamides is 1. The molecule has 1 aliphatic heterocycles. The van der Waals surface area contributed by atoms with Crippen LogP contribution < -0.4 is 5.32 Å². The van der Waals surface area contributed by atoms with Crippen LogP contribution in [0, 0.1) is 22.0 Å². The Hall–Kier alpha value is -1.67. The zero-order chi connectivity index (χ0) is 17.2. The number of benzene rings is 1. The predicted molar refractivity (Wildman–Crippen MR) is 89.0 cm³/mol. The average molecular weight is 341 g/mol. The third-order valence-corrected chi connectivity index (χ3v) is 5.83. The molecule has 0 radical (unpaired) electrons. The van der Waals surface area contributed by atoms with E-state index in [-0.39, 0.29) is 22.4 Å². The van der Waals surface area contributed by atoms with Gasteiger partial charge < -0.3 is 5.32 Å². The Morgan fingerprint density at radius 2 is 1.91 bits per heavy atom. The van der Waals surface area contributed by atoms with Crippen molar-refractivity contribution in [2.24, 2.45) is 11.8 Å². The van der Waals surface area contributed by atoms with Crippen molar-refractivity contribution in [3.63, 3.8) is 0 Å². The molecule has 0 saturated carbocycles. The molecule has 0 spiro atoms. The number of piperidine rings is 1. The number of hydrogen-bond donors (Lipinski definition) is 1. The topological polar surface area (TPSA) is 92.6 Å². The maximum atomic E-state index is 12.8. The third kappa shape index (κ3) is 3.81. The molecule has 1 aliphatic rings. The minimum absolute atomic E-state index is 0.0212. The lowest BCUT2D eigenvalue weighted by Gasteiger charge is -2.34. The molecule has 1 heterocycles. The quantitative estimate of drug-likeness (QED) is 0.656. The van der Waals surface area contributed by atoms with Gasteiger partial charge in [-0.25, -0.2) is 8.42 Å². The highest BCUT2D eigenvalue weighted by atomic mass is 32.2. The van der Waals surface area contributed by atoms with Crippen LogP contribution in [-0.2, 0) is 10.0 Å². The van der Waals surface area contributed by atoms with Crippen molar-refractivity contribution in [1.82, 2.24) is 4.31 Å².